The molecule has 130 valence electrons. The summed E-state index contributed by atoms with van der Waals surface area (Å²) >= 11 is 6.10. The molecular weight excluding hydrogens is 326 g/mol. The molecule has 2 N–H and O–H groups in total. The molecule has 2 saturated heterocycles. The number of nitrogens with one attached hydrogen (secondary N) is 2. The van der Waals surface area contributed by atoms with Crippen molar-refractivity contribution in [1.29, 1.82) is 0 Å². The van der Waals surface area contributed by atoms with Crippen molar-refractivity contribution in [3.63, 3.8) is 0 Å². The van der Waals surface area contributed by atoms with E-state index in [-0.39, 0.29) is 5.91 Å². The molecule has 1 aromatic rings. The third-order valence-corrected chi connectivity index (χ3v) is 6.11. The zero-order valence-electron chi connectivity index (χ0n) is 14.0. The Morgan fingerprint density at radius 1 is 1.29 bits per heavy atom. The van der Waals surface area contributed by atoms with Crippen LogP contribution in [0.4, 0.5) is 0 Å². The smallest absolute Gasteiger partial charge is 0.255 e. The topological polar surface area (TPSA) is 60.5 Å². The van der Waals surface area contributed by atoms with Crippen molar-refractivity contribution in [3.8, 4) is 0 Å². The van der Waals surface area contributed by atoms with Crippen LogP contribution < -0.4 is 10.9 Å². The molecule has 2 unspecified atom stereocenters. The van der Waals surface area contributed by atoms with Crippen LogP contribution in [-0.4, -0.2) is 59.1 Å². The Kier molecular flexibility index (Phi) is 4.24. The molecule has 7 heteroatoms. The maximum Gasteiger partial charge on any atom is 0.255 e. The quantitative estimate of drug-likeness (QED) is 0.865. The van der Waals surface area contributed by atoms with Crippen LogP contribution in [0.5, 0.6) is 0 Å². The van der Waals surface area contributed by atoms with Crippen LogP contribution in [0.2, 0.25) is 5.02 Å². The summed E-state index contributed by atoms with van der Waals surface area (Å²) in [6, 6.07) is 2.26. The Balaban J connectivity index is 1.32. The predicted molar refractivity (Wildman–Crippen MR) is 92.5 cm³/mol. The van der Waals surface area contributed by atoms with Crippen molar-refractivity contribution in [2.75, 3.05) is 26.2 Å². The van der Waals surface area contributed by atoms with Crippen LogP contribution in [0.3, 0.4) is 0 Å². The van der Waals surface area contributed by atoms with E-state index in [1.165, 1.54) is 19.0 Å². The molecule has 3 heterocycles. The second-order valence-corrected chi connectivity index (χ2v) is 7.84. The molecule has 24 heavy (non-hydrogen) atoms. The van der Waals surface area contributed by atoms with Crippen LogP contribution >= 0.6 is 11.6 Å². The van der Waals surface area contributed by atoms with Gasteiger partial charge in [0.2, 0.25) is 0 Å². The summed E-state index contributed by atoms with van der Waals surface area (Å²) in [5.74, 6) is 0.00271. The monoisotopic (exact) mass is 349 g/mol. The van der Waals surface area contributed by atoms with E-state index in [4.69, 9.17) is 11.6 Å². The van der Waals surface area contributed by atoms with Gasteiger partial charge in [-0.2, -0.15) is 0 Å². The molecule has 0 spiro atoms. The summed E-state index contributed by atoms with van der Waals surface area (Å²) in [5, 5.41) is 0.423. The number of piperazine rings is 1. The van der Waals surface area contributed by atoms with Crippen LogP contribution in [0, 0.1) is 5.41 Å². The molecule has 0 bridgehead atoms. The Hall–Kier alpha value is -1.21. The van der Waals surface area contributed by atoms with Crippen LogP contribution in [0.1, 0.15) is 36.5 Å². The number of amides is 1. The van der Waals surface area contributed by atoms with Crippen molar-refractivity contribution in [2.24, 2.45) is 5.41 Å². The van der Waals surface area contributed by atoms with E-state index in [1.807, 2.05) is 4.90 Å². The summed E-state index contributed by atoms with van der Waals surface area (Å²) in [7, 11) is 0. The highest BCUT2D eigenvalue weighted by Crippen LogP contribution is 2.50. The maximum atomic E-state index is 12.6. The van der Waals surface area contributed by atoms with Crippen LogP contribution in [-0.2, 0) is 0 Å². The van der Waals surface area contributed by atoms with Gasteiger partial charge in [-0.05, 0) is 30.7 Å². The van der Waals surface area contributed by atoms with E-state index < -0.39 is 0 Å². The Morgan fingerprint density at radius 2 is 2.04 bits per heavy atom. The molecule has 0 radical (unpaired) electrons. The van der Waals surface area contributed by atoms with Gasteiger partial charge in [0, 0.05) is 44.6 Å². The van der Waals surface area contributed by atoms with E-state index in [1.54, 1.807) is 12.3 Å². The number of hydrogen-bond acceptors (Lipinski definition) is 5. The van der Waals surface area contributed by atoms with Gasteiger partial charge in [0.1, 0.15) is 0 Å². The lowest BCUT2D eigenvalue weighted by molar-refractivity contribution is 0.0544. The lowest BCUT2D eigenvalue weighted by Crippen LogP contribution is -2.55. The average molecular weight is 350 g/mol. The van der Waals surface area contributed by atoms with E-state index in [2.05, 4.69) is 27.7 Å². The normalized spacial score (nSPS) is 29.7. The molecule has 1 saturated carbocycles. The first kappa shape index (κ1) is 16.3. The molecule has 4 rings (SSSR count). The van der Waals surface area contributed by atoms with E-state index in [0.29, 0.717) is 28.2 Å². The molecule has 1 amide bonds. The molecule has 1 aromatic heterocycles. The molecule has 2 aliphatic heterocycles. The third-order valence-electron chi connectivity index (χ3n) is 5.81. The van der Waals surface area contributed by atoms with Gasteiger partial charge in [0.25, 0.3) is 5.91 Å². The number of nitrogens with zero attached hydrogens (tertiary/aromatic N) is 3. The number of carbonyl (C=O) groups is 1. The van der Waals surface area contributed by atoms with Gasteiger partial charge in [-0.25, -0.2) is 5.43 Å². The van der Waals surface area contributed by atoms with Crippen molar-refractivity contribution < 1.29 is 4.79 Å². The largest absolute Gasteiger partial charge is 0.336 e. The fourth-order valence-corrected chi connectivity index (χ4v) is 3.94. The van der Waals surface area contributed by atoms with E-state index in [0.717, 1.165) is 32.6 Å². The maximum absolute atomic E-state index is 12.6. The first-order valence-electron chi connectivity index (χ1n) is 8.71. The second-order valence-electron chi connectivity index (χ2n) is 7.43. The van der Waals surface area contributed by atoms with Crippen molar-refractivity contribution in [2.45, 2.75) is 38.4 Å². The van der Waals surface area contributed by atoms with E-state index >= 15 is 0 Å². The van der Waals surface area contributed by atoms with Gasteiger partial charge >= 0.3 is 0 Å². The molecule has 3 fully saturated rings. The lowest BCUT2D eigenvalue weighted by atomic mass is 9.96. The third kappa shape index (κ3) is 3.04. The number of halogens is 1. The minimum Gasteiger partial charge on any atom is -0.336 e. The average Bonchev–Trinajstić information content (AvgIpc) is 3.16. The van der Waals surface area contributed by atoms with Crippen LogP contribution in [0.15, 0.2) is 18.5 Å². The summed E-state index contributed by atoms with van der Waals surface area (Å²) in [6.45, 7) is 5.60. The fourth-order valence-electron chi connectivity index (χ4n) is 3.74. The lowest BCUT2D eigenvalue weighted by Gasteiger charge is -2.37. The van der Waals surface area contributed by atoms with Gasteiger partial charge in [0.15, 0.2) is 0 Å². The van der Waals surface area contributed by atoms with Crippen molar-refractivity contribution in [3.05, 3.63) is 29.0 Å². The number of carbonyl (C=O) groups excluding carboxylic acids is 1. The summed E-state index contributed by atoms with van der Waals surface area (Å²) < 4.78 is 0. The molecule has 3 aliphatic rings. The van der Waals surface area contributed by atoms with Gasteiger partial charge in [0.05, 0.1) is 16.8 Å². The number of aromatic nitrogens is 1. The van der Waals surface area contributed by atoms with Crippen molar-refractivity contribution in [1.82, 2.24) is 25.6 Å². The summed E-state index contributed by atoms with van der Waals surface area (Å²) in [4.78, 5) is 20.9. The highest BCUT2D eigenvalue weighted by molar-refractivity contribution is 6.33. The first-order chi connectivity index (χ1) is 11.6. The van der Waals surface area contributed by atoms with Gasteiger partial charge in [-0.1, -0.05) is 18.5 Å². The Bertz CT molecular complexity index is 627. The minimum absolute atomic E-state index is 0.00271. The fraction of sp³-hybridized carbons (Fsp3) is 0.647. The zero-order chi connectivity index (χ0) is 16.7. The molecule has 6 nitrogen and oxygen atoms in total. The van der Waals surface area contributed by atoms with Gasteiger partial charge in [-0.15, -0.1) is 0 Å². The zero-order valence-corrected chi connectivity index (χ0v) is 14.7. The predicted octanol–water partition coefficient (Wildman–Crippen LogP) is 1.49. The minimum atomic E-state index is 0.00271. The molecule has 0 aromatic carbocycles. The first-order valence-corrected chi connectivity index (χ1v) is 9.08. The van der Waals surface area contributed by atoms with Gasteiger partial charge in [-0.3, -0.25) is 20.1 Å². The van der Waals surface area contributed by atoms with Crippen LogP contribution in [0.25, 0.3) is 0 Å². The summed E-state index contributed by atoms with van der Waals surface area (Å²) in [6.07, 6.45) is 7.30. The Morgan fingerprint density at radius 3 is 2.71 bits per heavy atom. The summed E-state index contributed by atoms with van der Waals surface area (Å²) in [5.41, 5.74) is 7.96. The number of hydrazine groups is 1. The number of pyridine rings is 1. The molecule has 1 aliphatic carbocycles. The molecular formula is C17H24ClN5O. The second kappa shape index (κ2) is 6.26. The number of rotatable bonds is 3. The van der Waals surface area contributed by atoms with E-state index in [9.17, 15) is 4.79 Å². The Labute approximate surface area is 147 Å². The van der Waals surface area contributed by atoms with Gasteiger partial charge < -0.3 is 4.90 Å². The van der Waals surface area contributed by atoms with Crippen molar-refractivity contribution >= 4 is 17.5 Å². The highest BCUT2D eigenvalue weighted by atomic mass is 35.5. The number of hydrogen-bond donors (Lipinski definition) is 2. The standard InChI is InChI=1S/C17H24ClN5O/c1-17(3-4-17)14-10-15(21-20-14)22-6-8-23(9-7-22)16(24)12-2-5-19-11-13(12)18/h2,5,11,14-15,20-21H,3-4,6-10H2,1H3. The highest BCUT2D eigenvalue weighted by Gasteiger charge is 2.48. The molecule has 2 atom stereocenters. The SMILES string of the molecule is CC1(C2CC(N3CCN(C(=O)c4ccncc4Cl)CC3)NN2)CC1.